The SMILES string of the molecule is CC(C)(C#N)CCCN1CCC(CC(=O)O)CC1. The largest absolute Gasteiger partial charge is 0.481 e. The van der Waals surface area contributed by atoms with E-state index in [0.717, 1.165) is 45.3 Å². The highest BCUT2D eigenvalue weighted by atomic mass is 16.4. The molecule has 1 heterocycles. The van der Waals surface area contributed by atoms with Crippen molar-refractivity contribution in [2.45, 2.75) is 46.0 Å². The third-order valence-corrected chi connectivity index (χ3v) is 3.75. The predicted octanol–water partition coefficient (Wildman–Crippen LogP) is 2.50. The molecule has 1 aliphatic heterocycles. The number of nitrogens with zero attached hydrogens (tertiary/aromatic N) is 2. The number of piperidine rings is 1. The Morgan fingerprint density at radius 1 is 1.44 bits per heavy atom. The first kappa shape index (κ1) is 15.0. The van der Waals surface area contributed by atoms with E-state index >= 15 is 0 Å². The van der Waals surface area contributed by atoms with Gasteiger partial charge in [-0.2, -0.15) is 5.26 Å². The van der Waals surface area contributed by atoms with Crippen molar-refractivity contribution in [1.29, 1.82) is 5.26 Å². The Bertz CT molecular complexity index is 312. The fourth-order valence-electron chi connectivity index (χ4n) is 2.46. The van der Waals surface area contributed by atoms with Gasteiger partial charge in [-0.1, -0.05) is 0 Å². The molecule has 18 heavy (non-hydrogen) atoms. The van der Waals surface area contributed by atoms with Crippen LogP contribution in [0.1, 0.15) is 46.0 Å². The number of hydrogen-bond donors (Lipinski definition) is 1. The fraction of sp³-hybridized carbons (Fsp3) is 0.857. The highest BCUT2D eigenvalue weighted by molar-refractivity contribution is 5.67. The first-order chi connectivity index (χ1) is 8.43. The van der Waals surface area contributed by atoms with Crippen LogP contribution >= 0.6 is 0 Å². The second-order valence-electron chi connectivity index (χ2n) is 5.98. The molecule has 0 bridgehead atoms. The van der Waals surface area contributed by atoms with Gasteiger partial charge in [0.05, 0.1) is 11.5 Å². The molecule has 1 fully saturated rings. The summed E-state index contributed by atoms with van der Waals surface area (Å²) in [6, 6.07) is 2.32. The Morgan fingerprint density at radius 2 is 2.06 bits per heavy atom. The van der Waals surface area contributed by atoms with E-state index < -0.39 is 5.97 Å². The molecule has 0 aromatic carbocycles. The van der Waals surface area contributed by atoms with E-state index in [1.807, 2.05) is 13.8 Å². The van der Waals surface area contributed by atoms with Gasteiger partial charge in [0.2, 0.25) is 0 Å². The molecule has 0 unspecified atom stereocenters. The van der Waals surface area contributed by atoms with Gasteiger partial charge >= 0.3 is 5.97 Å². The smallest absolute Gasteiger partial charge is 0.303 e. The fourth-order valence-corrected chi connectivity index (χ4v) is 2.46. The van der Waals surface area contributed by atoms with Crippen LogP contribution in [0.15, 0.2) is 0 Å². The summed E-state index contributed by atoms with van der Waals surface area (Å²) >= 11 is 0. The maximum atomic E-state index is 10.6. The van der Waals surface area contributed by atoms with Crippen LogP contribution < -0.4 is 0 Å². The molecule has 0 atom stereocenters. The number of hydrogen-bond acceptors (Lipinski definition) is 3. The molecule has 0 radical (unpaired) electrons. The molecule has 1 saturated heterocycles. The van der Waals surface area contributed by atoms with E-state index in [-0.39, 0.29) is 5.41 Å². The summed E-state index contributed by atoms with van der Waals surface area (Å²) in [4.78, 5) is 13.0. The molecule has 1 rings (SSSR count). The zero-order chi connectivity index (χ0) is 13.6. The molecule has 0 aliphatic carbocycles. The monoisotopic (exact) mass is 252 g/mol. The minimum absolute atomic E-state index is 0.221. The van der Waals surface area contributed by atoms with Crippen molar-refractivity contribution in [2.75, 3.05) is 19.6 Å². The predicted molar refractivity (Wildman–Crippen MR) is 70.0 cm³/mol. The van der Waals surface area contributed by atoms with E-state index in [4.69, 9.17) is 10.4 Å². The van der Waals surface area contributed by atoms with Crippen LogP contribution in [0.4, 0.5) is 0 Å². The van der Waals surface area contributed by atoms with E-state index in [2.05, 4.69) is 11.0 Å². The number of nitriles is 1. The van der Waals surface area contributed by atoms with E-state index in [1.165, 1.54) is 0 Å². The van der Waals surface area contributed by atoms with Crippen molar-refractivity contribution in [2.24, 2.45) is 11.3 Å². The molecule has 4 heteroatoms. The lowest BCUT2D eigenvalue weighted by Crippen LogP contribution is -2.35. The van der Waals surface area contributed by atoms with Gasteiger partial charge in [-0.25, -0.2) is 0 Å². The lowest BCUT2D eigenvalue weighted by Gasteiger charge is -2.31. The van der Waals surface area contributed by atoms with Gasteiger partial charge in [0.25, 0.3) is 0 Å². The van der Waals surface area contributed by atoms with Gasteiger partial charge in [0.15, 0.2) is 0 Å². The van der Waals surface area contributed by atoms with Crippen LogP contribution in [0.5, 0.6) is 0 Å². The molecule has 0 aromatic heterocycles. The van der Waals surface area contributed by atoms with Gasteiger partial charge < -0.3 is 10.0 Å². The Kier molecular flexibility index (Phi) is 5.61. The van der Waals surface area contributed by atoms with Crippen LogP contribution in [0, 0.1) is 22.7 Å². The number of carbonyl (C=O) groups is 1. The first-order valence-corrected chi connectivity index (χ1v) is 6.78. The normalized spacial score (nSPS) is 18.5. The highest BCUT2D eigenvalue weighted by Crippen LogP contribution is 2.23. The minimum atomic E-state index is -0.677. The Morgan fingerprint density at radius 3 is 2.56 bits per heavy atom. The summed E-state index contributed by atoms with van der Waals surface area (Å²) in [6.07, 6.45) is 4.28. The summed E-state index contributed by atoms with van der Waals surface area (Å²) < 4.78 is 0. The minimum Gasteiger partial charge on any atom is -0.481 e. The van der Waals surface area contributed by atoms with Crippen LogP contribution in [0.3, 0.4) is 0 Å². The summed E-state index contributed by atoms with van der Waals surface area (Å²) in [5, 5.41) is 17.7. The Balaban J connectivity index is 2.17. The van der Waals surface area contributed by atoms with Crippen molar-refractivity contribution in [3.63, 3.8) is 0 Å². The van der Waals surface area contributed by atoms with Gasteiger partial charge in [0.1, 0.15) is 0 Å². The molecule has 0 spiro atoms. The Hall–Kier alpha value is -1.08. The first-order valence-electron chi connectivity index (χ1n) is 6.78. The average molecular weight is 252 g/mol. The van der Waals surface area contributed by atoms with E-state index in [1.54, 1.807) is 0 Å². The maximum Gasteiger partial charge on any atom is 0.303 e. The summed E-state index contributed by atoms with van der Waals surface area (Å²) in [6.45, 7) is 7.00. The lowest BCUT2D eigenvalue weighted by atomic mass is 9.89. The van der Waals surface area contributed by atoms with Crippen molar-refractivity contribution < 1.29 is 9.90 Å². The summed E-state index contributed by atoms with van der Waals surface area (Å²) in [5.74, 6) is -0.321. The standard InChI is InChI=1S/C14H24N2O2/c1-14(2,11-15)6-3-7-16-8-4-12(5-9-16)10-13(17)18/h12H,3-10H2,1-2H3,(H,17,18). The molecule has 0 amide bonds. The van der Waals surface area contributed by atoms with Crippen LogP contribution in [-0.4, -0.2) is 35.6 Å². The topological polar surface area (TPSA) is 64.3 Å². The average Bonchev–Trinajstić information content (AvgIpc) is 2.30. The second-order valence-corrected chi connectivity index (χ2v) is 5.98. The van der Waals surface area contributed by atoms with Crippen molar-refractivity contribution >= 4 is 5.97 Å². The zero-order valence-electron chi connectivity index (χ0n) is 11.5. The van der Waals surface area contributed by atoms with Crippen molar-refractivity contribution in [3.05, 3.63) is 0 Å². The number of aliphatic carboxylic acids is 1. The van der Waals surface area contributed by atoms with Gasteiger partial charge in [0, 0.05) is 6.42 Å². The van der Waals surface area contributed by atoms with Crippen LogP contribution in [0.2, 0.25) is 0 Å². The van der Waals surface area contributed by atoms with Gasteiger partial charge in [-0.05, 0) is 65.1 Å². The number of carboxylic acids is 1. The molecule has 1 N–H and O–H groups in total. The number of carboxylic acid groups (broad SMARTS) is 1. The third kappa shape index (κ3) is 5.50. The molecule has 1 aliphatic rings. The summed E-state index contributed by atoms with van der Waals surface area (Å²) in [5.41, 5.74) is -0.221. The molecule has 102 valence electrons. The maximum absolute atomic E-state index is 10.6. The van der Waals surface area contributed by atoms with Crippen molar-refractivity contribution in [1.82, 2.24) is 4.90 Å². The van der Waals surface area contributed by atoms with Crippen LogP contribution in [-0.2, 0) is 4.79 Å². The number of likely N-dealkylation sites (tertiary alicyclic amines) is 1. The van der Waals surface area contributed by atoms with Crippen molar-refractivity contribution in [3.8, 4) is 6.07 Å². The van der Waals surface area contributed by atoms with E-state index in [0.29, 0.717) is 12.3 Å². The molecule has 4 nitrogen and oxygen atoms in total. The number of rotatable bonds is 6. The third-order valence-electron chi connectivity index (χ3n) is 3.75. The lowest BCUT2D eigenvalue weighted by molar-refractivity contribution is -0.138. The molecular formula is C14H24N2O2. The highest BCUT2D eigenvalue weighted by Gasteiger charge is 2.22. The second kappa shape index (κ2) is 6.75. The molecular weight excluding hydrogens is 228 g/mol. The zero-order valence-corrected chi connectivity index (χ0v) is 11.5. The summed E-state index contributed by atoms with van der Waals surface area (Å²) in [7, 11) is 0. The van der Waals surface area contributed by atoms with E-state index in [9.17, 15) is 4.79 Å². The molecule has 0 aromatic rings. The van der Waals surface area contributed by atoms with Gasteiger partial charge in [-0.15, -0.1) is 0 Å². The quantitative estimate of drug-likeness (QED) is 0.789. The van der Waals surface area contributed by atoms with Crippen LogP contribution in [0.25, 0.3) is 0 Å². The Labute approximate surface area is 110 Å². The molecule has 0 saturated carbocycles. The van der Waals surface area contributed by atoms with Gasteiger partial charge in [-0.3, -0.25) is 4.79 Å².